The van der Waals surface area contributed by atoms with E-state index in [1.54, 1.807) is 0 Å². The molecule has 1 saturated heterocycles. The number of likely N-dealkylation sites (tertiary alicyclic amines) is 1. The van der Waals surface area contributed by atoms with Crippen molar-refractivity contribution in [3.8, 4) is 0 Å². The lowest BCUT2D eigenvalue weighted by atomic mass is 10.0. The summed E-state index contributed by atoms with van der Waals surface area (Å²) in [6.45, 7) is 6.96. The van der Waals surface area contributed by atoms with Crippen LogP contribution >= 0.6 is 0 Å². The summed E-state index contributed by atoms with van der Waals surface area (Å²) in [5.74, 6) is 0.673. The van der Waals surface area contributed by atoms with Crippen LogP contribution < -0.4 is 5.32 Å². The fourth-order valence-corrected chi connectivity index (χ4v) is 2.65. The SMILES string of the molecule is CCCNC1CCN(CC(C)c2ccccc2)C1=O. The van der Waals surface area contributed by atoms with Crippen molar-refractivity contribution < 1.29 is 4.79 Å². The van der Waals surface area contributed by atoms with Crippen molar-refractivity contribution in [2.75, 3.05) is 19.6 Å². The fraction of sp³-hybridized carbons (Fsp3) is 0.562. The molecule has 2 rings (SSSR count). The Morgan fingerprint density at radius 1 is 1.37 bits per heavy atom. The van der Waals surface area contributed by atoms with Gasteiger partial charge in [-0.1, -0.05) is 44.2 Å². The highest BCUT2D eigenvalue weighted by Crippen LogP contribution is 2.20. The van der Waals surface area contributed by atoms with E-state index in [9.17, 15) is 4.79 Å². The van der Waals surface area contributed by atoms with Gasteiger partial charge in [-0.05, 0) is 30.9 Å². The molecule has 1 amide bonds. The number of rotatable bonds is 6. The molecule has 1 N–H and O–H groups in total. The summed E-state index contributed by atoms with van der Waals surface area (Å²) in [6.07, 6.45) is 2.02. The quantitative estimate of drug-likeness (QED) is 0.852. The Labute approximate surface area is 116 Å². The van der Waals surface area contributed by atoms with Crippen LogP contribution in [0.25, 0.3) is 0 Å². The molecule has 3 nitrogen and oxygen atoms in total. The van der Waals surface area contributed by atoms with E-state index >= 15 is 0 Å². The number of carbonyl (C=O) groups excluding carboxylic acids is 1. The lowest BCUT2D eigenvalue weighted by molar-refractivity contribution is -0.129. The van der Waals surface area contributed by atoms with Gasteiger partial charge in [-0.2, -0.15) is 0 Å². The van der Waals surface area contributed by atoms with Crippen LogP contribution in [0.4, 0.5) is 0 Å². The van der Waals surface area contributed by atoms with Gasteiger partial charge in [0.05, 0.1) is 6.04 Å². The molecule has 1 aromatic rings. The van der Waals surface area contributed by atoms with Crippen LogP contribution in [0.1, 0.15) is 38.2 Å². The third kappa shape index (κ3) is 3.57. The maximum Gasteiger partial charge on any atom is 0.239 e. The molecule has 1 heterocycles. The molecule has 2 atom stereocenters. The molecule has 1 fully saturated rings. The minimum atomic E-state index is 0.0444. The maximum absolute atomic E-state index is 12.2. The molecule has 0 saturated carbocycles. The Morgan fingerprint density at radius 2 is 2.11 bits per heavy atom. The predicted molar refractivity (Wildman–Crippen MR) is 78.1 cm³/mol. The second-order valence-electron chi connectivity index (χ2n) is 5.39. The van der Waals surface area contributed by atoms with Crippen LogP contribution in [0.15, 0.2) is 30.3 Å². The van der Waals surface area contributed by atoms with Gasteiger partial charge in [-0.3, -0.25) is 4.79 Å². The van der Waals surface area contributed by atoms with Crippen LogP contribution in [-0.2, 0) is 4.79 Å². The molecule has 0 aromatic heterocycles. The largest absolute Gasteiger partial charge is 0.341 e. The molecule has 0 bridgehead atoms. The van der Waals surface area contributed by atoms with Gasteiger partial charge in [-0.15, -0.1) is 0 Å². The highest BCUT2D eigenvalue weighted by atomic mass is 16.2. The first-order valence-electron chi connectivity index (χ1n) is 7.29. The predicted octanol–water partition coefficient (Wildman–Crippen LogP) is 2.39. The van der Waals surface area contributed by atoms with Crippen LogP contribution in [0, 0.1) is 0 Å². The number of carbonyl (C=O) groups is 1. The third-order valence-corrected chi connectivity index (χ3v) is 3.80. The van der Waals surface area contributed by atoms with Gasteiger partial charge < -0.3 is 10.2 Å². The summed E-state index contributed by atoms with van der Waals surface area (Å²) in [4.78, 5) is 14.2. The van der Waals surface area contributed by atoms with Gasteiger partial charge in [0, 0.05) is 13.1 Å². The van der Waals surface area contributed by atoms with Crippen molar-refractivity contribution in [2.45, 2.75) is 38.6 Å². The van der Waals surface area contributed by atoms with E-state index in [1.165, 1.54) is 5.56 Å². The van der Waals surface area contributed by atoms with Gasteiger partial charge in [0.2, 0.25) is 5.91 Å². The summed E-state index contributed by atoms with van der Waals surface area (Å²) in [7, 11) is 0. The van der Waals surface area contributed by atoms with Crippen molar-refractivity contribution in [1.82, 2.24) is 10.2 Å². The minimum absolute atomic E-state index is 0.0444. The summed E-state index contributed by atoms with van der Waals surface area (Å²) < 4.78 is 0. The smallest absolute Gasteiger partial charge is 0.239 e. The van der Waals surface area contributed by atoms with E-state index in [0.717, 1.165) is 32.5 Å². The molecule has 19 heavy (non-hydrogen) atoms. The summed E-state index contributed by atoms with van der Waals surface area (Å²) in [6, 6.07) is 10.5. The fourth-order valence-electron chi connectivity index (χ4n) is 2.65. The standard InChI is InChI=1S/C16H24N2O/c1-3-10-17-15-9-11-18(16(15)19)12-13(2)14-7-5-4-6-8-14/h4-8,13,15,17H,3,9-12H2,1-2H3. The highest BCUT2D eigenvalue weighted by Gasteiger charge is 2.31. The second-order valence-corrected chi connectivity index (χ2v) is 5.39. The molecule has 0 radical (unpaired) electrons. The van der Waals surface area contributed by atoms with Crippen LogP contribution in [0.3, 0.4) is 0 Å². The molecular formula is C16H24N2O. The molecule has 104 valence electrons. The van der Waals surface area contributed by atoms with Crippen molar-refractivity contribution in [3.05, 3.63) is 35.9 Å². The van der Waals surface area contributed by atoms with Crippen molar-refractivity contribution in [1.29, 1.82) is 0 Å². The number of benzene rings is 1. The summed E-state index contributed by atoms with van der Waals surface area (Å²) in [5, 5.41) is 3.33. The molecular weight excluding hydrogens is 236 g/mol. The summed E-state index contributed by atoms with van der Waals surface area (Å²) >= 11 is 0. The zero-order chi connectivity index (χ0) is 13.7. The van der Waals surface area contributed by atoms with Crippen molar-refractivity contribution in [3.63, 3.8) is 0 Å². The van der Waals surface area contributed by atoms with E-state index in [0.29, 0.717) is 5.92 Å². The minimum Gasteiger partial charge on any atom is -0.341 e. The maximum atomic E-state index is 12.2. The van der Waals surface area contributed by atoms with Gasteiger partial charge in [-0.25, -0.2) is 0 Å². The topological polar surface area (TPSA) is 32.3 Å². The molecule has 2 unspecified atom stereocenters. The monoisotopic (exact) mass is 260 g/mol. The number of nitrogens with one attached hydrogen (secondary N) is 1. The normalized spacial score (nSPS) is 20.8. The highest BCUT2D eigenvalue weighted by molar-refractivity contribution is 5.84. The van der Waals surface area contributed by atoms with Crippen LogP contribution in [-0.4, -0.2) is 36.5 Å². The van der Waals surface area contributed by atoms with E-state index < -0.39 is 0 Å². The Morgan fingerprint density at radius 3 is 2.79 bits per heavy atom. The third-order valence-electron chi connectivity index (χ3n) is 3.80. The van der Waals surface area contributed by atoms with Crippen molar-refractivity contribution in [2.24, 2.45) is 0 Å². The molecule has 1 aliphatic heterocycles. The van der Waals surface area contributed by atoms with Gasteiger partial charge in [0.1, 0.15) is 0 Å². The van der Waals surface area contributed by atoms with Crippen LogP contribution in [0.5, 0.6) is 0 Å². The number of nitrogens with zero attached hydrogens (tertiary/aromatic N) is 1. The lowest BCUT2D eigenvalue weighted by Crippen LogP contribution is -2.39. The van der Waals surface area contributed by atoms with Crippen molar-refractivity contribution >= 4 is 5.91 Å². The van der Waals surface area contributed by atoms with Gasteiger partial charge in [0.15, 0.2) is 0 Å². The number of hydrogen-bond donors (Lipinski definition) is 1. The average Bonchev–Trinajstić information content (AvgIpc) is 2.78. The first-order chi connectivity index (χ1) is 9.22. The lowest BCUT2D eigenvalue weighted by Gasteiger charge is -2.22. The van der Waals surface area contributed by atoms with Crippen LogP contribution in [0.2, 0.25) is 0 Å². The average molecular weight is 260 g/mol. The Hall–Kier alpha value is -1.35. The second kappa shape index (κ2) is 6.71. The van der Waals surface area contributed by atoms with Gasteiger partial charge >= 0.3 is 0 Å². The number of amides is 1. The zero-order valence-electron chi connectivity index (χ0n) is 11.9. The van der Waals surface area contributed by atoms with E-state index in [1.807, 2.05) is 11.0 Å². The summed E-state index contributed by atoms with van der Waals surface area (Å²) in [5.41, 5.74) is 1.31. The first-order valence-corrected chi connectivity index (χ1v) is 7.29. The molecule has 1 aliphatic rings. The van der Waals surface area contributed by atoms with Gasteiger partial charge in [0.25, 0.3) is 0 Å². The number of hydrogen-bond acceptors (Lipinski definition) is 2. The first kappa shape index (κ1) is 14.1. The van der Waals surface area contributed by atoms with E-state index in [4.69, 9.17) is 0 Å². The van der Waals surface area contributed by atoms with E-state index in [2.05, 4.69) is 43.4 Å². The molecule has 1 aromatic carbocycles. The van der Waals surface area contributed by atoms with E-state index in [-0.39, 0.29) is 11.9 Å². The molecule has 3 heteroatoms. The Bertz CT molecular complexity index is 404. The molecule has 0 spiro atoms. The zero-order valence-corrected chi connectivity index (χ0v) is 11.9. The molecule has 0 aliphatic carbocycles. The Kier molecular flexibility index (Phi) is 4.97. The Balaban J connectivity index is 1.88.